The Morgan fingerprint density at radius 3 is 2.68 bits per heavy atom. The number of halogens is 2. The predicted molar refractivity (Wildman–Crippen MR) is 93.3 cm³/mol. The van der Waals surface area contributed by atoms with Gasteiger partial charge in [0.2, 0.25) is 5.91 Å². The van der Waals surface area contributed by atoms with Crippen LogP contribution in [0.3, 0.4) is 0 Å². The summed E-state index contributed by atoms with van der Waals surface area (Å²) in [7, 11) is 0. The van der Waals surface area contributed by atoms with Gasteiger partial charge in [-0.2, -0.15) is 0 Å². The molecule has 0 saturated carbocycles. The van der Waals surface area contributed by atoms with Gasteiger partial charge < -0.3 is 15.4 Å². The minimum absolute atomic E-state index is 0. The minimum Gasteiger partial charge on any atom is -0.489 e. The van der Waals surface area contributed by atoms with Crippen molar-refractivity contribution < 1.29 is 9.53 Å². The van der Waals surface area contributed by atoms with Crippen LogP contribution in [-0.4, -0.2) is 25.1 Å². The molecule has 0 unspecified atom stereocenters. The van der Waals surface area contributed by atoms with Gasteiger partial charge in [-0.1, -0.05) is 11.6 Å². The molecular weight excluding hydrogens is 323 g/mol. The highest BCUT2D eigenvalue weighted by Crippen LogP contribution is 2.28. The molecule has 1 aromatic carbocycles. The number of hydrogen-bond acceptors (Lipinski definition) is 3. The van der Waals surface area contributed by atoms with Crippen molar-refractivity contribution in [1.29, 1.82) is 0 Å². The molecule has 1 fully saturated rings. The molecule has 0 spiro atoms. The highest BCUT2D eigenvalue weighted by Gasteiger charge is 2.17. The molecule has 1 aromatic rings. The van der Waals surface area contributed by atoms with E-state index in [1.54, 1.807) is 12.1 Å². The molecule has 2 rings (SSSR count). The summed E-state index contributed by atoms with van der Waals surface area (Å²) in [5.74, 6) is 1.17. The fourth-order valence-electron chi connectivity index (χ4n) is 2.49. The molecule has 1 saturated heterocycles. The molecular formula is C16H24Cl2N2O2. The standard InChI is InChI=1S/C16H23ClN2O2.ClH/c1-11(2)21-15-4-3-13(10-14(15)17)19-16(20)9-12-5-7-18-8-6-12;/h3-4,10-12,18H,5-9H2,1-2H3,(H,19,20);1H. The molecule has 0 radical (unpaired) electrons. The highest BCUT2D eigenvalue weighted by molar-refractivity contribution is 6.32. The van der Waals surface area contributed by atoms with Gasteiger partial charge in [0.05, 0.1) is 11.1 Å². The molecule has 1 amide bonds. The minimum atomic E-state index is 0. The molecule has 4 nitrogen and oxygen atoms in total. The van der Waals surface area contributed by atoms with Crippen LogP contribution >= 0.6 is 24.0 Å². The van der Waals surface area contributed by atoms with Crippen LogP contribution in [-0.2, 0) is 4.79 Å². The van der Waals surface area contributed by atoms with Crippen molar-refractivity contribution in [3.8, 4) is 5.75 Å². The number of anilines is 1. The fourth-order valence-corrected chi connectivity index (χ4v) is 2.71. The monoisotopic (exact) mass is 346 g/mol. The Bertz CT molecular complexity index is 489. The number of benzene rings is 1. The Balaban J connectivity index is 0.00000242. The van der Waals surface area contributed by atoms with Gasteiger partial charge in [-0.05, 0) is 63.9 Å². The van der Waals surface area contributed by atoms with Gasteiger partial charge in [0.15, 0.2) is 0 Å². The fraction of sp³-hybridized carbons (Fsp3) is 0.562. The average molecular weight is 347 g/mol. The maximum absolute atomic E-state index is 12.0. The molecule has 1 aliphatic heterocycles. The van der Waals surface area contributed by atoms with Crippen LogP contribution in [0.1, 0.15) is 33.1 Å². The lowest BCUT2D eigenvalue weighted by molar-refractivity contribution is -0.117. The lowest BCUT2D eigenvalue weighted by Crippen LogP contribution is -2.30. The summed E-state index contributed by atoms with van der Waals surface area (Å²) in [6.07, 6.45) is 2.77. The molecule has 1 heterocycles. The maximum atomic E-state index is 12.0. The van der Waals surface area contributed by atoms with E-state index in [1.165, 1.54) is 0 Å². The number of ether oxygens (including phenoxy) is 1. The van der Waals surface area contributed by atoms with Crippen LogP contribution < -0.4 is 15.4 Å². The van der Waals surface area contributed by atoms with Crippen molar-refractivity contribution in [2.45, 2.75) is 39.2 Å². The van der Waals surface area contributed by atoms with Crippen molar-refractivity contribution in [3.05, 3.63) is 23.2 Å². The van der Waals surface area contributed by atoms with Gasteiger partial charge in [-0.3, -0.25) is 4.79 Å². The van der Waals surface area contributed by atoms with E-state index in [2.05, 4.69) is 10.6 Å². The first kappa shape index (κ1) is 19.1. The van der Waals surface area contributed by atoms with E-state index < -0.39 is 0 Å². The first-order chi connectivity index (χ1) is 10.0. The zero-order valence-corrected chi connectivity index (χ0v) is 14.6. The normalized spacial score (nSPS) is 15.3. The van der Waals surface area contributed by atoms with Gasteiger partial charge in [0.1, 0.15) is 5.75 Å². The molecule has 0 aromatic heterocycles. The summed E-state index contributed by atoms with van der Waals surface area (Å²) in [6, 6.07) is 5.35. The Hall–Kier alpha value is -0.970. The third-order valence-electron chi connectivity index (χ3n) is 3.51. The molecule has 0 bridgehead atoms. The largest absolute Gasteiger partial charge is 0.489 e. The number of carbonyl (C=O) groups is 1. The average Bonchev–Trinajstić information content (AvgIpc) is 2.42. The summed E-state index contributed by atoms with van der Waals surface area (Å²) in [4.78, 5) is 12.0. The van der Waals surface area contributed by atoms with Crippen LogP contribution in [0.5, 0.6) is 5.75 Å². The smallest absolute Gasteiger partial charge is 0.224 e. The zero-order valence-electron chi connectivity index (χ0n) is 13.0. The molecule has 6 heteroatoms. The van der Waals surface area contributed by atoms with Crippen LogP contribution in [0.15, 0.2) is 18.2 Å². The van der Waals surface area contributed by atoms with Gasteiger partial charge in [-0.15, -0.1) is 12.4 Å². The summed E-state index contributed by atoms with van der Waals surface area (Å²) in [6.45, 7) is 5.91. The summed E-state index contributed by atoms with van der Waals surface area (Å²) < 4.78 is 5.57. The topological polar surface area (TPSA) is 50.4 Å². The Morgan fingerprint density at radius 1 is 1.41 bits per heavy atom. The van der Waals surface area contributed by atoms with Crippen LogP contribution in [0.2, 0.25) is 5.02 Å². The van der Waals surface area contributed by atoms with E-state index in [0.29, 0.717) is 23.1 Å². The predicted octanol–water partition coefficient (Wildman–Crippen LogP) is 3.88. The number of nitrogens with one attached hydrogen (secondary N) is 2. The molecule has 2 N–H and O–H groups in total. The number of hydrogen-bond donors (Lipinski definition) is 2. The van der Waals surface area contributed by atoms with E-state index in [9.17, 15) is 4.79 Å². The van der Waals surface area contributed by atoms with Crippen molar-refractivity contribution in [3.63, 3.8) is 0 Å². The molecule has 0 atom stereocenters. The van der Waals surface area contributed by atoms with Gasteiger partial charge >= 0.3 is 0 Å². The second-order valence-corrected chi connectivity index (χ2v) is 6.16. The van der Waals surface area contributed by atoms with E-state index in [1.807, 2.05) is 19.9 Å². The van der Waals surface area contributed by atoms with Crippen molar-refractivity contribution >= 4 is 35.6 Å². The first-order valence-corrected chi connectivity index (χ1v) is 7.89. The number of amides is 1. The Labute approximate surface area is 143 Å². The van der Waals surface area contributed by atoms with Gasteiger partial charge in [0.25, 0.3) is 0 Å². The van der Waals surface area contributed by atoms with Crippen LogP contribution in [0, 0.1) is 5.92 Å². The number of carbonyl (C=O) groups excluding carboxylic acids is 1. The third-order valence-corrected chi connectivity index (χ3v) is 3.81. The molecule has 22 heavy (non-hydrogen) atoms. The zero-order chi connectivity index (χ0) is 15.2. The quantitative estimate of drug-likeness (QED) is 0.850. The highest BCUT2D eigenvalue weighted by atomic mass is 35.5. The summed E-state index contributed by atoms with van der Waals surface area (Å²) >= 11 is 6.16. The number of rotatable bonds is 5. The Kier molecular flexibility index (Phi) is 8.01. The lowest BCUT2D eigenvalue weighted by Gasteiger charge is -2.22. The van der Waals surface area contributed by atoms with E-state index in [0.717, 1.165) is 31.6 Å². The SMILES string of the molecule is CC(C)Oc1ccc(NC(=O)CC2CCNCC2)cc1Cl.Cl. The lowest BCUT2D eigenvalue weighted by atomic mass is 9.94. The van der Waals surface area contributed by atoms with E-state index in [4.69, 9.17) is 16.3 Å². The second kappa shape index (κ2) is 9.23. The van der Waals surface area contributed by atoms with E-state index in [-0.39, 0.29) is 24.4 Å². The number of piperidine rings is 1. The van der Waals surface area contributed by atoms with Crippen LogP contribution in [0.25, 0.3) is 0 Å². The first-order valence-electron chi connectivity index (χ1n) is 7.51. The van der Waals surface area contributed by atoms with Gasteiger partial charge in [0, 0.05) is 12.1 Å². The van der Waals surface area contributed by atoms with Gasteiger partial charge in [-0.25, -0.2) is 0 Å². The third kappa shape index (κ3) is 6.03. The van der Waals surface area contributed by atoms with Crippen LogP contribution in [0.4, 0.5) is 5.69 Å². The molecule has 1 aliphatic rings. The maximum Gasteiger partial charge on any atom is 0.224 e. The second-order valence-electron chi connectivity index (χ2n) is 5.76. The molecule has 0 aliphatic carbocycles. The van der Waals surface area contributed by atoms with Crippen molar-refractivity contribution in [2.24, 2.45) is 5.92 Å². The summed E-state index contributed by atoms with van der Waals surface area (Å²) in [5.41, 5.74) is 0.718. The van der Waals surface area contributed by atoms with Crippen molar-refractivity contribution in [2.75, 3.05) is 18.4 Å². The van der Waals surface area contributed by atoms with E-state index >= 15 is 0 Å². The summed E-state index contributed by atoms with van der Waals surface area (Å²) in [5, 5.41) is 6.73. The van der Waals surface area contributed by atoms with Crippen molar-refractivity contribution in [1.82, 2.24) is 5.32 Å². The Morgan fingerprint density at radius 2 is 2.09 bits per heavy atom. The molecule has 124 valence electrons.